The number of hydrogen-bond donors (Lipinski definition) is 0. The van der Waals surface area contributed by atoms with Crippen LogP contribution >= 0.6 is 0 Å². The topological polar surface area (TPSA) is 32.8 Å². The number of carbonyl (C=O) groups is 1. The van der Waals surface area contributed by atoms with Crippen molar-refractivity contribution in [2.45, 2.75) is 30.4 Å². The van der Waals surface area contributed by atoms with Crippen molar-refractivity contribution >= 4 is 6.03 Å². The highest BCUT2D eigenvalue weighted by Crippen LogP contribution is 2.58. The largest absolute Gasteiger partial charge is 0.398 e. The summed E-state index contributed by atoms with van der Waals surface area (Å²) in [6, 6.07) is 6.85. The Kier molecular flexibility index (Phi) is 3.94. The van der Waals surface area contributed by atoms with Crippen LogP contribution < -0.4 is 0 Å². The first-order chi connectivity index (χ1) is 11.9. The smallest absolute Gasteiger partial charge is 0.378 e. The average molecular weight is 354 g/mol. The van der Waals surface area contributed by atoms with E-state index in [0.717, 1.165) is 5.56 Å². The van der Waals surface area contributed by atoms with Gasteiger partial charge in [-0.05, 0) is 24.0 Å². The molecule has 0 N–H and O–H groups in total. The molecule has 4 nitrogen and oxygen atoms in total. The number of amides is 2. The molecule has 2 heterocycles. The number of ether oxygens (including phenoxy) is 1. The summed E-state index contributed by atoms with van der Waals surface area (Å²) in [6.07, 6.45) is -3.81. The molecule has 3 aliphatic rings. The zero-order valence-electron chi connectivity index (χ0n) is 13.9. The zero-order valence-corrected chi connectivity index (χ0v) is 13.9. The summed E-state index contributed by atoms with van der Waals surface area (Å²) in [5, 5.41) is 0. The lowest BCUT2D eigenvalue weighted by atomic mass is 9.88. The Balaban J connectivity index is 1.36. The third kappa shape index (κ3) is 2.88. The molecular formula is C18H21F3N2O2. The van der Waals surface area contributed by atoms with Crippen molar-refractivity contribution in [1.29, 1.82) is 0 Å². The van der Waals surface area contributed by atoms with E-state index in [0.29, 0.717) is 45.0 Å². The van der Waals surface area contributed by atoms with Crippen LogP contribution in [0, 0.1) is 0 Å². The highest BCUT2D eigenvalue weighted by Gasteiger charge is 2.64. The fraction of sp³-hybridized carbons (Fsp3) is 0.611. The first-order valence-electron chi connectivity index (χ1n) is 8.69. The Morgan fingerprint density at radius 3 is 2.16 bits per heavy atom. The fourth-order valence-corrected chi connectivity index (χ4v) is 3.74. The van der Waals surface area contributed by atoms with Crippen LogP contribution in [0.2, 0.25) is 0 Å². The second-order valence-electron chi connectivity index (χ2n) is 7.19. The van der Waals surface area contributed by atoms with Crippen LogP contribution in [0.4, 0.5) is 18.0 Å². The van der Waals surface area contributed by atoms with Gasteiger partial charge in [0.05, 0.1) is 18.6 Å². The van der Waals surface area contributed by atoms with Crippen molar-refractivity contribution in [3.05, 3.63) is 35.4 Å². The third-order valence-corrected chi connectivity index (χ3v) is 5.66. The second kappa shape index (κ2) is 5.90. The molecule has 1 aromatic rings. The van der Waals surface area contributed by atoms with Crippen molar-refractivity contribution in [3.8, 4) is 0 Å². The molecule has 0 atom stereocenters. The van der Waals surface area contributed by atoms with Crippen LogP contribution in [-0.2, 0) is 10.2 Å². The molecule has 7 heteroatoms. The summed E-state index contributed by atoms with van der Waals surface area (Å²) in [4.78, 5) is 15.9. The Hall–Kier alpha value is -1.76. The van der Waals surface area contributed by atoms with E-state index >= 15 is 0 Å². The van der Waals surface area contributed by atoms with Crippen LogP contribution in [0.15, 0.2) is 24.3 Å². The minimum Gasteiger partial charge on any atom is -0.378 e. The third-order valence-electron chi connectivity index (χ3n) is 5.66. The van der Waals surface area contributed by atoms with E-state index in [1.807, 2.05) is 0 Å². The van der Waals surface area contributed by atoms with E-state index in [4.69, 9.17) is 4.74 Å². The predicted octanol–water partition coefficient (Wildman–Crippen LogP) is 3.13. The summed E-state index contributed by atoms with van der Waals surface area (Å²) >= 11 is 0. The molecule has 4 rings (SSSR count). The standard InChI is InChI=1S/C18H21F3N2O2/c19-18(20,21)17(5-6-17)15-3-1-13(2-4-15)14-11-23(12-14)16(24)22-7-9-25-10-8-22/h1-4,14H,5-12H2. The highest BCUT2D eigenvalue weighted by atomic mass is 19.4. The number of rotatable bonds is 2. The minimum absolute atomic E-state index is 0.0326. The van der Waals surface area contributed by atoms with Gasteiger partial charge in [0.15, 0.2) is 0 Å². The highest BCUT2D eigenvalue weighted by molar-refractivity contribution is 5.75. The number of urea groups is 1. The number of nitrogens with zero attached hydrogens (tertiary/aromatic N) is 2. The van der Waals surface area contributed by atoms with Gasteiger partial charge in [-0.1, -0.05) is 24.3 Å². The second-order valence-corrected chi connectivity index (χ2v) is 7.19. The lowest BCUT2D eigenvalue weighted by Crippen LogP contribution is -2.55. The molecule has 1 aliphatic carbocycles. The van der Waals surface area contributed by atoms with Crippen molar-refractivity contribution in [2.24, 2.45) is 0 Å². The Morgan fingerprint density at radius 1 is 1.04 bits per heavy atom. The van der Waals surface area contributed by atoms with E-state index in [9.17, 15) is 18.0 Å². The maximum atomic E-state index is 13.2. The molecular weight excluding hydrogens is 333 g/mol. The van der Waals surface area contributed by atoms with Crippen molar-refractivity contribution < 1.29 is 22.7 Å². The molecule has 136 valence electrons. The van der Waals surface area contributed by atoms with Crippen molar-refractivity contribution in [3.63, 3.8) is 0 Å². The first kappa shape index (κ1) is 16.7. The van der Waals surface area contributed by atoms with Gasteiger partial charge < -0.3 is 14.5 Å². The number of halogens is 3. The van der Waals surface area contributed by atoms with E-state index in [1.165, 1.54) is 0 Å². The van der Waals surface area contributed by atoms with Gasteiger partial charge in [-0.2, -0.15) is 13.2 Å². The van der Waals surface area contributed by atoms with Gasteiger partial charge in [-0.25, -0.2) is 4.79 Å². The number of hydrogen-bond acceptors (Lipinski definition) is 2. The summed E-state index contributed by atoms with van der Waals surface area (Å²) < 4.78 is 44.8. The van der Waals surface area contributed by atoms with Crippen LogP contribution in [0.1, 0.15) is 29.9 Å². The van der Waals surface area contributed by atoms with Gasteiger partial charge in [-0.15, -0.1) is 0 Å². The summed E-state index contributed by atoms with van der Waals surface area (Å²) in [5.41, 5.74) is -0.249. The average Bonchev–Trinajstić information content (AvgIpc) is 3.36. The van der Waals surface area contributed by atoms with Gasteiger partial charge in [0.2, 0.25) is 0 Å². The number of alkyl halides is 3. The van der Waals surface area contributed by atoms with E-state index < -0.39 is 11.6 Å². The monoisotopic (exact) mass is 354 g/mol. The SMILES string of the molecule is O=C(N1CCOCC1)N1CC(c2ccc(C3(C(F)(F)F)CC3)cc2)C1. The molecule has 3 fully saturated rings. The van der Waals surface area contributed by atoms with Crippen molar-refractivity contribution in [1.82, 2.24) is 9.80 Å². The molecule has 0 aromatic heterocycles. The van der Waals surface area contributed by atoms with Crippen LogP contribution in [0.5, 0.6) is 0 Å². The molecule has 2 aliphatic heterocycles. The molecule has 1 aromatic carbocycles. The van der Waals surface area contributed by atoms with Crippen LogP contribution in [-0.4, -0.2) is 61.4 Å². The minimum atomic E-state index is -4.17. The number of benzene rings is 1. The quantitative estimate of drug-likeness (QED) is 0.817. The molecule has 2 saturated heterocycles. The fourth-order valence-electron chi connectivity index (χ4n) is 3.74. The maximum Gasteiger partial charge on any atom is 0.398 e. The van der Waals surface area contributed by atoms with E-state index in [1.54, 1.807) is 34.1 Å². The summed E-state index contributed by atoms with van der Waals surface area (Å²) in [7, 11) is 0. The maximum absolute atomic E-state index is 13.2. The molecule has 25 heavy (non-hydrogen) atoms. The molecule has 0 unspecified atom stereocenters. The van der Waals surface area contributed by atoms with Gasteiger partial charge >= 0.3 is 12.2 Å². The lowest BCUT2D eigenvalue weighted by Gasteiger charge is -2.43. The first-order valence-corrected chi connectivity index (χ1v) is 8.69. The van der Waals surface area contributed by atoms with Gasteiger partial charge in [0.25, 0.3) is 0 Å². The van der Waals surface area contributed by atoms with E-state index in [-0.39, 0.29) is 24.8 Å². The predicted molar refractivity (Wildman–Crippen MR) is 85.5 cm³/mol. The number of morpholine rings is 1. The molecule has 0 spiro atoms. The number of likely N-dealkylation sites (tertiary alicyclic amines) is 1. The van der Waals surface area contributed by atoms with Crippen LogP contribution in [0.3, 0.4) is 0 Å². The number of carbonyl (C=O) groups excluding carboxylic acids is 1. The molecule has 0 radical (unpaired) electrons. The van der Waals surface area contributed by atoms with Crippen LogP contribution in [0.25, 0.3) is 0 Å². The van der Waals surface area contributed by atoms with Gasteiger partial charge in [0.1, 0.15) is 0 Å². The van der Waals surface area contributed by atoms with Crippen molar-refractivity contribution in [2.75, 3.05) is 39.4 Å². The molecule has 1 saturated carbocycles. The molecule has 0 bridgehead atoms. The summed E-state index contributed by atoms with van der Waals surface area (Å²) in [5.74, 6) is 0.208. The summed E-state index contributed by atoms with van der Waals surface area (Å²) in [6.45, 7) is 3.64. The zero-order chi connectivity index (χ0) is 17.7. The lowest BCUT2D eigenvalue weighted by molar-refractivity contribution is -0.160. The Morgan fingerprint density at radius 2 is 1.64 bits per heavy atom. The Labute approximate surface area is 144 Å². The normalized spacial score (nSPS) is 23.3. The van der Waals surface area contributed by atoms with E-state index in [2.05, 4.69) is 0 Å². The van der Waals surface area contributed by atoms with Gasteiger partial charge in [-0.3, -0.25) is 0 Å². The van der Waals surface area contributed by atoms with Gasteiger partial charge in [0, 0.05) is 32.1 Å². The Bertz CT molecular complexity index is 643. The molecule has 2 amide bonds.